The Kier molecular flexibility index (Phi) is 3.62. The number of alkyl halides is 1. The van der Waals surface area contributed by atoms with Crippen molar-refractivity contribution in [3.05, 3.63) is 0 Å². The van der Waals surface area contributed by atoms with Gasteiger partial charge in [0, 0.05) is 0 Å². The van der Waals surface area contributed by atoms with Gasteiger partial charge in [-0.15, -0.1) is 0 Å². The van der Waals surface area contributed by atoms with Crippen molar-refractivity contribution in [3.8, 4) is 0 Å². The lowest BCUT2D eigenvalue weighted by atomic mass is 10.1. The van der Waals surface area contributed by atoms with Gasteiger partial charge < -0.3 is 20.3 Å². The summed E-state index contributed by atoms with van der Waals surface area (Å²) in [4.78, 5) is 13.3. The fourth-order valence-electron chi connectivity index (χ4n) is 2.87. The largest absolute Gasteiger partial charge is 0.394 e. The lowest BCUT2D eigenvalue weighted by Crippen LogP contribution is -2.70. The number of ether oxygens (including phenoxy) is 1. The molecule has 3 heterocycles. The molecule has 0 aromatic carbocycles. The molecule has 0 spiro atoms. The second kappa shape index (κ2) is 5.15. The number of hydrogen-bond acceptors (Lipinski definition) is 8. The van der Waals surface area contributed by atoms with Crippen LogP contribution in [-0.4, -0.2) is 77.4 Å². The minimum Gasteiger partial charge on any atom is -0.394 e. The smallest absolute Gasteiger partial charge is 0.242 e. The van der Waals surface area contributed by atoms with Crippen LogP contribution in [-0.2, 0) is 9.53 Å². The maximum absolute atomic E-state index is 14.1. The van der Waals surface area contributed by atoms with E-state index in [2.05, 4.69) is 16.0 Å². The van der Waals surface area contributed by atoms with E-state index in [9.17, 15) is 14.3 Å². The third kappa shape index (κ3) is 2.09. The van der Waals surface area contributed by atoms with Crippen molar-refractivity contribution in [2.45, 2.75) is 43.1 Å². The van der Waals surface area contributed by atoms with Crippen molar-refractivity contribution >= 4 is 5.91 Å². The molecule has 0 aromatic rings. The number of carbonyl (C=O) groups is 1. The number of fused-ring (bicyclic) bond motifs is 1. The number of amides is 1. The zero-order valence-electron chi connectivity index (χ0n) is 10.6. The number of nitrogens with zero attached hydrogens (tertiary/aromatic N) is 1. The molecule has 7 atom stereocenters. The van der Waals surface area contributed by atoms with E-state index in [1.54, 1.807) is 4.90 Å². The fourth-order valence-corrected chi connectivity index (χ4v) is 2.87. The molecule has 3 aliphatic rings. The molecule has 114 valence electrons. The van der Waals surface area contributed by atoms with Crippen LogP contribution in [0.4, 0.5) is 4.39 Å². The van der Waals surface area contributed by atoms with Crippen LogP contribution in [0.5, 0.6) is 0 Å². The molecule has 3 saturated heterocycles. The molecule has 3 aliphatic heterocycles. The third-order valence-corrected chi connectivity index (χ3v) is 3.90. The Hall–Kier alpha value is -0.880. The molecule has 0 saturated carbocycles. The van der Waals surface area contributed by atoms with E-state index in [1.807, 2.05) is 0 Å². The summed E-state index contributed by atoms with van der Waals surface area (Å²) in [6, 6.07) is -0.573. The molecule has 7 N–H and O–H groups in total. The fraction of sp³-hybridized carbons (Fsp3) is 0.900. The maximum Gasteiger partial charge on any atom is 0.242 e. The highest BCUT2D eigenvalue weighted by molar-refractivity contribution is 5.84. The summed E-state index contributed by atoms with van der Waals surface area (Å²) in [5.74, 6) is -0.281. The van der Waals surface area contributed by atoms with Gasteiger partial charge in [-0.2, -0.15) is 0 Å². The average molecular weight is 291 g/mol. The minimum atomic E-state index is -1.67. The number of halogens is 1. The molecule has 0 bridgehead atoms. The van der Waals surface area contributed by atoms with Crippen molar-refractivity contribution in [1.82, 2.24) is 20.9 Å². The van der Waals surface area contributed by atoms with Gasteiger partial charge in [0.25, 0.3) is 0 Å². The molecule has 10 heteroatoms. The number of hydrogen-bond donors (Lipinski definition) is 6. The van der Waals surface area contributed by atoms with Crippen LogP contribution in [0.15, 0.2) is 0 Å². The summed E-state index contributed by atoms with van der Waals surface area (Å²) in [7, 11) is 0. The van der Waals surface area contributed by atoms with Crippen LogP contribution in [0.3, 0.4) is 0 Å². The lowest BCUT2D eigenvalue weighted by molar-refractivity contribution is -0.131. The topological polar surface area (TPSA) is 132 Å². The Morgan fingerprint density at radius 2 is 2.30 bits per heavy atom. The predicted octanol–water partition coefficient (Wildman–Crippen LogP) is -4.08. The van der Waals surface area contributed by atoms with E-state index >= 15 is 0 Å². The van der Waals surface area contributed by atoms with Gasteiger partial charge in [-0.3, -0.25) is 21.2 Å². The summed E-state index contributed by atoms with van der Waals surface area (Å²) >= 11 is 0. The van der Waals surface area contributed by atoms with E-state index in [0.29, 0.717) is 0 Å². The molecular formula is C10H18FN5O4. The standard InChI is InChI=1S/C10H18FN5O4/c11-4-6(18)3(1-17)20-9(4)16-2-13-5-7(16)14-10(12)15-8(5)19/h3-7,9-10,13-14,17-18H,1-2,12H2,(H,15,19)/t3-,4-,5?,6-,7?,9-,10?/m1/s1. The number of carbonyl (C=O) groups excluding carboxylic acids is 1. The average Bonchev–Trinajstić information content (AvgIpc) is 2.93. The number of aliphatic hydroxyl groups excluding tert-OH is 2. The van der Waals surface area contributed by atoms with Gasteiger partial charge in [0.1, 0.15) is 30.8 Å². The molecule has 1 amide bonds. The summed E-state index contributed by atoms with van der Waals surface area (Å²) in [5, 5.41) is 27.1. The zero-order chi connectivity index (χ0) is 14.4. The highest BCUT2D eigenvalue weighted by atomic mass is 19.1. The Morgan fingerprint density at radius 3 is 2.95 bits per heavy atom. The highest BCUT2D eigenvalue weighted by Crippen LogP contribution is 2.29. The molecule has 20 heavy (non-hydrogen) atoms. The molecule has 9 nitrogen and oxygen atoms in total. The molecule has 0 aliphatic carbocycles. The summed E-state index contributed by atoms with van der Waals surface area (Å²) in [5.41, 5.74) is 5.64. The van der Waals surface area contributed by atoms with Crippen LogP contribution in [0, 0.1) is 0 Å². The third-order valence-electron chi connectivity index (χ3n) is 3.90. The Bertz CT molecular complexity index is 402. The van der Waals surface area contributed by atoms with Crippen molar-refractivity contribution in [2.24, 2.45) is 5.73 Å². The van der Waals surface area contributed by atoms with E-state index in [1.165, 1.54) is 0 Å². The van der Waals surface area contributed by atoms with Crippen molar-refractivity contribution in [2.75, 3.05) is 13.3 Å². The van der Waals surface area contributed by atoms with E-state index in [4.69, 9.17) is 15.6 Å². The van der Waals surface area contributed by atoms with Gasteiger partial charge in [-0.25, -0.2) is 9.29 Å². The van der Waals surface area contributed by atoms with Crippen molar-refractivity contribution in [3.63, 3.8) is 0 Å². The summed E-state index contributed by atoms with van der Waals surface area (Å²) < 4.78 is 19.4. The van der Waals surface area contributed by atoms with E-state index < -0.39 is 49.7 Å². The number of nitrogens with one attached hydrogen (secondary N) is 3. The maximum atomic E-state index is 14.1. The second-order valence-corrected chi connectivity index (χ2v) is 5.13. The number of aliphatic hydroxyl groups is 2. The first-order chi connectivity index (χ1) is 9.52. The molecule has 0 aromatic heterocycles. The first-order valence-corrected chi connectivity index (χ1v) is 6.42. The quantitative estimate of drug-likeness (QED) is 0.303. The van der Waals surface area contributed by atoms with Gasteiger partial charge in [0.15, 0.2) is 6.17 Å². The lowest BCUT2D eigenvalue weighted by Gasteiger charge is -2.37. The Morgan fingerprint density at radius 1 is 1.55 bits per heavy atom. The molecule has 3 rings (SSSR count). The monoisotopic (exact) mass is 291 g/mol. The highest BCUT2D eigenvalue weighted by Gasteiger charge is 2.53. The number of nitrogens with two attached hydrogens (primary N) is 1. The van der Waals surface area contributed by atoms with Crippen LogP contribution in [0.2, 0.25) is 0 Å². The molecule has 0 radical (unpaired) electrons. The normalized spacial score (nSPS) is 49.2. The Labute approximate surface area is 114 Å². The van der Waals surface area contributed by atoms with E-state index in [-0.39, 0.29) is 12.6 Å². The molecular weight excluding hydrogens is 273 g/mol. The van der Waals surface area contributed by atoms with Gasteiger partial charge in [-0.1, -0.05) is 0 Å². The van der Waals surface area contributed by atoms with Crippen LogP contribution in [0.25, 0.3) is 0 Å². The van der Waals surface area contributed by atoms with Crippen LogP contribution in [0.1, 0.15) is 0 Å². The van der Waals surface area contributed by atoms with Gasteiger partial charge in [0.05, 0.1) is 19.4 Å². The SMILES string of the molecule is NC1NC(=O)C2NCN([C@@H]3O[C@H](CO)[C@@H](O)[C@H]3F)C2N1. The molecule has 3 fully saturated rings. The zero-order valence-corrected chi connectivity index (χ0v) is 10.6. The van der Waals surface area contributed by atoms with Crippen LogP contribution >= 0.6 is 0 Å². The predicted molar refractivity (Wildman–Crippen MR) is 63.3 cm³/mol. The van der Waals surface area contributed by atoms with Gasteiger partial charge in [0.2, 0.25) is 5.91 Å². The van der Waals surface area contributed by atoms with Crippen molar-refractivity contribution < 1.29 is 24.1 Å². The van der Waals surface area contributed by atoms with Crippen LogP contribution < -0.4 is 21.7 Å². The summed E-state index contributed by atoms with van der Waals surface area (Å²) in [6.45, 7) is -0.265. The van der Waals surface area contributed by atoms with Gasteiger partial charge >= 0.3 is 0 Å². The van der Waals surface area contributed by atoms with Gasteiger partial charge in [-0.05, 0) is 0 Å². The minimum absolute atomic E-state index is 0.207. The van der Waals surface area contributed by atoms with Crippen molar-refractivity contribution in [1.29, 1.82) is 0 Å². The van der Waals surface area contributed by atoms with E-state index in [0.717, 1.165) is 0 Å². The summed E-state index contributed by atoms with van der Waals surface area (Å²) in [6.07, 6.45) is -6.35. The Balaban J connectivity index is 1.76. The molecule has 3 unspecified atom stereocenters. The first-order valence-electron chi connectivity index (χ1n) is 6.42. The first kappa shape index (κ1) is 14.1. The number of rotatable bonds is 2. The second-order valence-electron chi connectivity index (χ2n) is 5.13.